The first kappa shape index (κ1) is 31.2. The van der Waals surface area contributed by atoms with Gasteiger partial charge in [0, 0.05) is 0 Å². The van der Waals surface area contributed by atoms with Gasteiger partial charge in [-0.05, 0) is 70.5 Å². The zero-order valence-electron chi connectivity index (χ0n) is 26.7. The van der Waals surface area contributed by atoms with E-state index in [1.165, 1.54) is 27.7 Å². The molecule has 0 saturated carbocycles. The summed E-state index contributed by atoms with van der Waals surface area (Å²) in [6, 6.07) is 29.8. The van der Waals surface area contributed by atoms with Gasteiger partial charge in [0.05, 0.1) is 28.5 Å². The molecule has 1 aliphatic rings. The standard InChI is InChI=1S/C39H38N2O4S/c1-5-10-33-35(38(43)44-6-2)36(29-19-17-27(18-20-29)25(3)4)41-37(42)34(46-39(41)40-33)23-26-15-21-31(22-16-26)45-24-30-13-9-12-28-11-7-8-14-32(28)30/h7-9,11-23,25,36H,5-6,10,24H2,1-4H3/b34-23-/t36-/m1/s1. The third-order valence-electron chi connectivity index (χ3n) is 8.26. The van der Waals surface area contributed by atoms with Crippen molar-refractivity contribution in [3.63, 3.8) is 0 Å². The van der Waals surface area contributed by atoms with Crippen LogP contribution >= 0.6 is 11.3 Å². The van der Waals surface area contributed by atoms with Crippen molar-refractivity contribution in [3.05, 3.63) is 144 Å². The molecule has 1 aromatic heterocycles. The monoisotopic (exact) mass is 630 g/mol. The van der Waals surface area contributed by atoms with Crippen LogP contribution in [0.25, 0.3) is 16.8 Å². The second kappa shape index (κ2) is 13.7. The van der Waals surface area contributed by atoms with Gasteiger partial charge in [-0.1, -0.05) is 117 Å². The molecule has 0 amide bonds. The maximum Gasteiger partial charge on any atom is 0.338 e. The zero-order chi connectivity index (χ0) is 32.2. The summed E-state index contributed by atoms with van der Waals surface area (Å²) in [5, 5.41) is 2.37. The highest BCUT2D eigenvalue weighted by Crippen LogP contribution is 2.33. The molecule has 7 heteroatoms. The molecule has 234 valence electrons. The molecule has 0 aliphatic carbocycles. The Kier molecular flexibility index (Phi) is 9.31. The van der Waals surface area contributed by atoms with E-state index in [0.717, 1.165) is 28.9 Å². The van der Waals surface area contributed by atoms with Crippen molar-refractivity contribution < 1.29 is 14.3 Å². The molecule has 0 radical (unpaired) electrons. The van der Waals surface area contributed by atoms with Crippen molar-refractivity contribution in [3.8, 4) is 5.75 Å². The minimum Gasteiger partial charge on any atom is -0.489 e. The van der Waals surface area contributed by atoms with E-state index in [9.17, 15) is 9.59 Å². The molecular weight excluding hydrogens is 593 g/mol. The van der Waals surface area contributed by atoms with Gasteiger partial charge in [-0.25, -0.2) is 9.79 Å². The van der Waals surface area contributed by atoms with Crippen LogP contribution in [0, 0.1) is 0 Å². The topological polar surface area (TPSA) is 69.9 Å². The Morgan fingerprint density at radius 1 is 0.957 bits per heavy atom. The van der Waals surface area contributed by atoms with Crippen LogP contribution < -0.4 is 19.6 Å². The molecule has 0 fully saturated rings. The van der Waals surface area contributed by atoms with E-state index in [1.54, 1.807) is 11.5 Å². The summed E-state index contributed by atoms with van der Waals surface area (Å²) >= 11 is 1.34. The molecule has 0 N–H and O–H groups in total. The third-order valence-corrected chi connectivity index (χ3v) is 9.25. The maximum atomic E-state index is 14.1. The summed E-state index contributed by atoms with van der Waals surface area (Å²) in [6.07, 6.45) is 3.30. The predicted octanol–water partition coefficient (Wildman–Crippen LogP) is 7.43. The van der Waals surface area contributed by atoms with Gasteiger partial charge >= 0.3 is 5.97 Å². The van der Waals surface area contributed by atoms with E-state index in [-0.39, 0.29) is 12.2 Å². The molecule has 6 rings (SSSR count). The van der Waals surface area contributed by atoms with Crippen molar-refractivity contribution >= 4 is 34.2 Å². The Bertz CT molecular complexity index is 2080. The highest BCUT2D eigenvalue weighted by atomic mass is 32.1. The second-order valence-corrected chi connectivity index (χ2v) is 12.7. The van der Waals surface area contributed by atoms with Crippen LogP contribution in [0.3, 0.4) is 0 Å². The molecule has 5 aromatic rings. The van der Waals surface area contributed by atoms with Crippen LogP contribution in [0.15, 0.2) is 112 Å². The molecule has 46 heavy (non-hydrogen) atoms. The zero-order valence-corrected chi connectivity index (χ0v) is 27.5. The fourth-order valence-corrected chi connectivity index (χ4v) is 6.91. The number of hydrogen-bond acceptors (Lipinski definition) is 6. The highest BCUT2D eigenvalue weighted by Gasteiger charge is 2.34. The smallest absolute Gasteiger partial charge is 0.338 e. The summed E-state index contributed by atoms with van der Waals surface area (Å²) in [5.74, 6) is 0.683. The largest absolute Gasteiger partial charge is 0.489 e. The van der Waals surface area contributed by atoms with E-state index >= 15 is 0 Å². The summed E-state index contributed by atoms with van der Waals surface area (Å²) in [6.45, 7) is 8.84. The first-order valence-corrected chi connectivity index (χ1v) is 16.7. The number of rotatable bonds is 10. The Morgan fingerprint density at radius 3 is 2.41 bits per heavy atom. The van der Waals surface area contributed by atoms with E-state index in [4.69, 9.17) is 14.5 Å². The fraction of sp³-hybridized carbons (Fsp3) is 0.256. The van der Waals surface area contributed by atoms with E-state index in [2.05, 4.69) is 57.2 Å². The van der Waals surface area contributed by atoms with E-state index in [1.807, 2.05) is 60.7 Å². The number of benzene rings is 4. The van der Waals surface area contributed by atoms with Crippen molar-refractivity contribution in [2.24, 2.45) is 4.99 Å². The molecular formula is C39H38N2O4S. The van der Waals surface area contributed by atoms with Gasteiger partial charge in [-0.2, -0.15) is 0 Å². The van der Waals surface area contributed by atoms with E-state index < -0.39 is 12.0 Å². The van der Waals surface area contributed by atoms with Crippen LogP contribution in [0.4, 0.5) is 0 Å². The number of fused-ring (bicyclic) bond motifs is 2. The lowest BCUT2D eigenvalue weighted by Crippen LogP contribution is -2.40. The first-order valence-electron chi connectivity index (χ1n) is 15.9. The lowest BCUT2D eigenvalue weighted by molar-refractivity contribution is -0.139. The summed E-state index contributed by atoms with van der Waals surface area (Å²) in [5.41, 5.74) is 4.98. The maximum absolute atomic E-state index is 14.1. The average Bonchev–Trinajstić information content (AvgIpc) is 3.37. The first-order chi connectivity index (χ1) is 22.4. The van der Waals surface area contributed by atoms with Crippen molar-refractivity contribution in [1.29, 1.82) is 0 Å². The molecule has 2 heterocycles. The third kappa shape index (κ3) is 6.33. The quantitative estimate of drug-likeness (QED) is 0.151. The summed E-state index contributed by atoms with van der Waals surface area (Å²) in [7, 11) is 0. The van der Waals surface area contributed by atoms with Crippen LogP contribution in [-0.2, 0) is 16.1 Å². The molecule has 0 bridgehead atoms. The number of allylic oxidation sites excluding steroid dienone is 1. The molecule has 4 aromatic carbocycles. The van der Waals surface area contributed by atoms with Gasteiger partial charge in [-0.15, -0.1) is 0 Å². The summed E-state index contributed by atoms with van der Waals surface area (Å²) in [4.78, 5) is 33.0. The van der Waals surface area contributed by atoms with Crippen LogP contribution in [0.1, 0.15) is 74.8 Å². The Labute approximate surface area is 273 Å². The number of carbonyl (C=O) groups is 1. The molecule has 0 unspecified atom stereocenters. The van der Waals surface area contributed by atoms with Gasteiger partial charge in [0.2, 0.25) is 0 Å². The number of aromatic nitrogens is 1. The Balaban J connectivity index is 1.35. The van der Waals surface area contributed by atoms with Crippen LogP contribution in [0.2, 0.25) is 0 Å². The van der Waals surface area contributed by atoms with Crippen molar-refractivity contribution in [2.75, 3.05) is 6.61 Å². The minimum absolute atomic E-state index is 0.185. The van der Waals surface area contributed by atoms with Gasteiger partial charge in [0.25, 0.3) is 5.56 Å². The number of ether oxygens (including phenoxy) is 2. The minimum atomic E-state index is -0.620. The predicted molar refractivity (Wildman–Crippen MR) is 185 cm³/mol. The highest BCUT2D eigenvalue weighted by molar-refractivity contribution is 7.07. The van der Waals surface area contributed by atoms with Gasteiger partial charge < -0.3 is 9.47 Å². The van der Waals surface area contributed by atoms with Crippen molar-refractivity contribution in [1.82, 2.24) is 4.57 Å². The molecule has 1 atom stereocenters. The summed E-state index contributed by atoms with van der Waals surface area (Å²) < 4.78 is 13.9. The van der Waals surface area contributed by atoms with Crippen LogP contribution in [-0.4, -0.2) is 17.1 Å². The van der Waals surface area contributed by atoms with E-state index in [0.29, 0.717) is 39.5 Å². The molecule has 0 saturated heterocycles. The molecule has 0 spiro atoms. The van der Waals surface area contributed by atoms with Gasteiger partial charge in [-0.3, -0.25) is 9.36 Å². The number of esters is 1. The van der Waals surface area contributed by atoms with Gasteiger partial charge in [0.15, 0.2) is 4.80 Å². The lowest BCUT2D eigenvalue weighted by Gasteiger charge is -2.26. The lowest BCUT2D eigenvalue weighted by atomic mass is 9.92. The number of hydrogen-bond donors (Lipinski definition) is 0. The van der Waals surface area contributed by atoms with Gasteiger partial charge in [0.1, 0.15) is 12.4 Å². The normalized spacial score (nSPS) is 14.8. The average molecular weight is 631 g/mol. The molecule has 1 aliphatic heterocycles. The van der Waals surface area contributed by atoms with Crippen molar-refractivity contribution in [2.45, 2.75) is 59.1 Å². The molecule has 6 nitrogen and oxygen atoms in total. The van der Waals surface area contributed by atoms with Crippen LogP contribution in [0.5, 0.6) is 5.75 Å². The number of carbonyl (C=O) groups excluding carboxylic acids is 1. The second-order valence-electron chi connectivity index (χ2n) is 11.7. The number of nitrogens with zero attached hydrogens (tertiary/aromatic N) is 2. The Morgan fingerprint density at radius 2 is 1.70 bits per heavy atom. The SMILES string of the molecule is CCCC1=C(C(=O)OCC)[C@@H](c2ccc(C(C)C)cc2)n2c(s/c(=C\c3ccc(OCc4cccc5ccccc45)cc3)c2=O)=N1. The number of thiazole rings is 1. The fourth-order valence-electron chi connectivity index (χ4n) is 5.89. The Hall–Kier alpha value is -4.75.